The average molecular weight is 289 g/mol. The van der Waals surface area contributed by atoms with Gasteiger partial charge in [0.1, 0.15) is 0 Å². The lowest BCUT2D eigenvalue weighted by atomic mass is 9.87. The molecule has 0 radical (unpaired) electrons. The van der Waals surface area contributed by atoms with Gasteiger partial charge in [-0.3, -0.25) is 5.32 Å². The predicted octanol–water partition coefficient (Wildman–Crippen LogP) is 4.24. The Bertz CT molecular complexity index is 769. The Labute approximate surface area is 130 Å². The van der Waals surface area contributed by atoms with Crippen LogP contribution in [0.1, 0.15) is 23.1 Å². The molecule has 0 aromatic heterocycles. The Balaban J connectivity index is 1.74. The van der Waals surface area contributed by atoms with Crippen LogP contribution in [0, 0.1) is 0 Å². The third kappa shape index (κ3) is 2.52. The molecule has 0 amide bonds. The molecular weight excluding hydrogens is 270 g/mol. The van der Waals surface area contributed by atoms with Gasteiger partial charge in [-0.1, -0.05) is 72.8 Å². The van der Waals surface area contributed by atoms with Crippen LogP contribution >= 0.6 is 0 Å². The van der Waals surface area contributed by atoms with Gasteiger partial charge in [0.05, 0.1) is 12.8 Å². The first-order valence-corrected chi connectivity index (χ1v) is 7.78. The van der Waals surface area contributed by atoms with Gasteiger partial charge < -0.3 is 4.74 Å². The summed E-state index contributed by atoms with van der Waals surface area (Å²) in [5.41, 5.74) is 2.59. The number of rotatable bonds is 2. The summed E-state index contributed by atoms with van der Waals surface area (Å²) in [7, 11) is 0. The topological polar surface area (TPSA) is 21.3 Å². The van der Waals surface area contributed by atoms with E-state index in [1.165, 1.54) is 21.9 Å². The maximum absolute atomic E-state index is 6.03. The summed E-state index contributed by atoms with van der Waals surface area (Å²) in [5, 5.41) is 5.93. The molecule has 0 saturated carbocycles. The SMILES string of the molecule is c1ccc([C@H]2OCNC[C@@H]2c2ccc3ccccc3c2)cc1. The molecule has 0 spiro atoms. The van der Waals surface area contributed by atoms with Gasteiger partial charge >= 0.3 is 0 Å². The minimum atomic E-state index is 0.114. The molecule has 2 nitrogen and oxygen atoms in total. The van der Waals surface area contributed by atoms with Crippen LogP contribution in [0.15, 0.2) is 72.8 Å². The maximum Gasteiger partial charge on any atom is 0.0974 e. The van der Waals surface area contributed by atoms with Crippen molar-refractivity contribution in [3.63, 3.8) is 0 Å². The molecular formula is C20H19NO. The molecule has 3 aromatic carbocycles. The van der Waals surface area contributed by atoms with E-state index in [2.05, 4.69) is 78.1 Å². The summed E-state index contributed by atoms with van der Waals surface area (Å²) < 4.78 is 6.03. The number of hydrogen-bond donors (Lipinski definition) is 1. The second kappa shape index (κ2) is 5.91. The third-order valence-electron chi connectivity index (χ3n) is 4.42. The normalized spacial score (nSPS) is 21.8. The summed E-state index contributed by atoms with van der Waals surface area (Å²) in [4.78, 5) is 0. The fourth-order valence-corrected chi connectivity index (χ4v) is 3.29. The molecule has 1 fully saturated rings. The second-order valence-electron chi connectivity index (χ2n) is 5.81. The number of benzene rings is 3. The van der Waals surface area contributed by atoms with Crippen molar-refractivity contribution >= 4 is 10.8 Å². The van der Waals surface area contributed by atoms with E-state index < -0.39 is 0 Å². The third-order valence-corrected chi connectivity index (χ3v) is 4.42. The molecule has 1 N–H and O–H groups in total. The van der Waals surface area contributed by atoms with Crippen molar-refractivity contribution in [3.8, 4) is 0 Å². The van der Waals surface area contributed by atoms with Gasteiger partial charge in [0, 0.05) is 12.5 Å². The largest absolute Gasteiger partial charge is 0.358 e. The summed E-state index contributed by atoms with van der Waals surface area (Å²) in [6.45, 7) is 1.56. The first-order chi connectivity index (χ1) is 10.9. The fraction of sp³-hybridized carbons (Fsp3) is 0.200. The molecule has 0 unspecified atom stereocenters. The second-order valence-corrected chi connectivity index (χ2v) is 5.81. The number of hydrogen-bond acceptors (Lipinski definition) is 2. The zero-order chi connectivity index (χ0) is 14.8. The average Bonchev–Trinajstić information content (AvgIpc) is 2.62. The molecule has 4 rings (SSSR count). The standard InChI is InChI=1S/C20H19NO/c1-2-7-16(8-3-1)20-19(13-21-14-22-20)18-11-10-15-6-4-5-9-17(15)12-18/h1-12,19-21H,13-14H2/t19-,20-/m1/s1. The minimum Gasteiger partial charge on any atom is -0.358 e. The zero-order valence-corrected chi connectivity index (χ0v) is 12.4. The van der Waals surface area contributed by atoms with Crippen LogP contribution in [0.2, 0.25) is 0 Å². The number of nitrogens with one attached hydrogen (secondary N) is 1. The van der Waals surface area contributed by atoms with Crippen LogP contribution < -0.4 is 5.32 Å². The highest BCUT2D eigenvalue weighted by Gasteiger charge is 2.28. The highest BCUT2D eigenvalue weighted by atomic mass is 16.5. The van der Waals surface area contributed by atoms with Crippen LogP contribution in [-0.2, 0) is 4.74 Å². The minimum absolute atomic E-state index is 0.114. The number of fused-ring (bicyclic) bond motifs is 1. The maximum atomic E-state index is 6.03. The summed E-state index contributed by atoms with van der Waals surface area (Å²) >= 11 is 0. The monoisotopic (exact) mass is 289 g/mol. The predicted molar refractivity (Wildman–Crippen MR) is 89.8 cm³/mol. The van der Waals surface area contributed by atoms with Crippen LogP contribution in [0.4, 0.5) is 0 Å². The molecule has 1 aliphatic heterocycles. The molecule has 1 aliphatic rings. The quantitative estimate of drug-likeness (QED) is 0.762. The Morgan fingerprint density at radius 2 is 1.55 bits per heavy atom. The molecule has 0 aliphatic carbocycles. The van der Waals surface area contributed by atoms with Gasteiger partial charge in [0.2, 0.25) is 0 Å². The Hall–Kier alpha value is -2.16. The van der Waals surface area contributed by atoms with Gasteiger partial charge in [-0.05, 0) is 21.9 Å². The molecule has 110 valence electrons. The Morgan fingerprint density at radius 1 is 0.773 bits per heavy atom. The van der Waals surface area contributed by atoms with E-state index >= 15 is 0 Å². The molecule has 2 atom stereocenters. The zero-order valence-electron chi connectivity index (χ0n) is 12.4. The molecule has 1 saturated heterocycles. The van der Waals surface area contributed by atoms with E-state index in [9.17, 15) is 0 Å². The van der Waals surface area contributed by atoms with Crippen molar-refractivity contribution in [3.05, 3.63) is 83.9 Å². The van der Waals surface area contributed by atoms with E-state index in [1.54, 1.807) is 0 Å². The van der Waals surface area contributed by atoms with E-state index in [0.29, 0.717) is 12.6 Å². The smallest absolute Gasteiger partial charge is 0.0974 e. The van der Waals surface area contributed by atoms with Crippen LogP contribution in [0.3, 0.4) is 0 Å². The highest BCUT2D eigenvalue weighted by Crippen LogP contribution is 2.36. The molecule has 22 heavy (non-hydrogen) atoms. The van der Waals surface area contributed by atoms with Crippen molar-refractivity contribution in [1.82, 2.24) is 5.32 Å². The van der Waals surface area contributed by atoms with Crippen LogP contribution in [-0.4, -0.2) is 13.3 Å². The first kappa shape index (κ1) is 13.5. The van der Waals surface area contributed by atoms with Gasteiger partial charge in [-0.25, -0.2) is 0 Å². The lowest BCUT2D eigenvalue weighted by Crippen LogP contribution is -2.35. The molecule has 2 heteroatoms. The molecule has 0 bridgehead atoms. The van der Waals surface area contributed by atoms with E-state index in [0.717, 1.165) is 6.54 Å². The lowest BCUT2D eigenvalue weighted by molar-refractivity contribution is -0.00999. The Morgan fingerprint density at radius 3 is 2.41 bits per heavy atom. The van der Waals surface area contributed by atoms with Crippen molar-refractivity contribution in [1.29, 1.82) is 0 Å². The fourth-order valence-electron chi connectivity index (χ4n) is 3.29. The van der Waals surface area contributed by atoms with Gasteiger partial charge in [0.25, 0.3) is 0 Å². The summed E-state index contributed by atoms with van der Waals surface area (Å²) in [6, 6.07) is 25.8. The van der Waals surface area contributed by atoms with Crippen molar-refractivity contribution < 1.29 is 4.74 Å². The molecule has 1 heterocycles. The molecule has 3 aromatic rings. The van der Waals surface area contributed by atoms with Gasteiger partial charge in [-0.2, -0.15) is 0 Å². The van der Waals surface area contributed by atoms with Crippen LogP contribution in [0.5, 0.6) is 0 Å². The van der Waals surface area contributed by atoms with E-state index in [-0.39, 0.29) is 6.10 Å². The van der Waals surface area contributed by atoms with Crippen molar-refractivity contribution in [2.24, 2.45) is 0 Å². The van der Waals surface area contributed by atoms with E-state index in [1.807, 2.05) is 0 Å². The van der Waals surface area contributed by atoms with Gasteiger partial charge in [0.15, 0.2) is 0 Å². The first-order valence-electron chi connectivity index (χ1n) is 7.78. The Kier molecular flexibility index (Phi) is 3.63. The van der Waals surface area contributed by atoms with Crippen molar-refractivity contribution in [2.75, 3.05) is 13.3 Å². The van der Waals surface area contributed by atoms with Crippen LogP contribution in [0.25, 0.3) is 10.8 Å². The summed E-state index contributed by atoms with van der Waals surface area (Å²) in [6.07, 6.45) is 0.114. The lowest BCUT2D eigenvalue weighted by Gasteiger charge is -2.33. The highest BCUT2D eigenvalue weighted by molar-refractivity contribution is 5.83. The van der Waals surface area contributed by atoms with Gasteiger partial charge in [-0.15, -0.1) is 0 Å². The van der Waals surface area contributed by atoms with E-state index in [4.69, 9.17) is 4.74 Å². The number of ether oxygens (including phenoxy) is 1. The summed E-state index contributed by atoms with van der Waals surface area (Å²) in [5.74, 6) is 0.334. The van der Waals surface area contributed by atoms with Crippen molar-refractivity contribution in [2.45, 2.75) is 12.0 Å².